The van der Waals surface area contributed by atoms with Gasteiger partial charge in [0.15, 0.2) is 13.9 Å². The van der Waals surface area contributed by atoms with Gasteiger partial charge in [-0.05, 0) is 57.8 Å². The van der Waals surface area contributed by atoms with E-state index in [1.54, 1.807) is 27.7 Å². The van der Waals surface area contributed by atoms with Gasteiger partial charge in [-0.2, -0.15) is 0 Å². The third-order valence-corrected chi connectivity index (χ3v) is 10.4. The molecule has 0 unspecified atom stereocenters. The van der Waals surface area contributed by atoms with E-state index in [1.165, 1.54) is 4.90 Å². The molecule has 1 fully saturated rings. The van der Waals surface area contributed by atoms with Crippen LogP contribution in [0.1, 0.15) is 61.3 Å². The van der Waals surface area contributed by atoms with Gasteiger partial charge < -0.3 is 13.9 Å². The molecule has 0 spiro atoms. The number of hydrogen-bond donors (Lipinski definition) is 0. The first-order valence-corrected chi connectivity index (χ1v) is 13.5. The molecule has 0 aromatic heterocycles. The van der Waals surface area contributed by atoms with Crippen molar-refractivity contribution in [2.75, 3.05) is 19.8 Å². The summed E-state index contributed by atoms with van der Waals surface area (Å²) < 4.78 is 32.0. The molecule has 1 amide bonds. The lowest BCUT2D eigenvalue weighted by Gasteiger charge is -2.39. The fraction of sp³-hybridized carbons (Fsp3) is 0.818. The molecule has 2 atom stereocenters. The fourth-order valence-corrected chi connectivity index (χ4v) is 4.17. The number of halogens is 1. The first-order valence-electron chi connectivity index (χ1n) is 10.6. The van der Waals surface area contributed by atoms with Crippen molar-refractivity contribution in [2.45, 2.75) is 96.8 Å². The SMILES string of the molecule is C=C1CCN(C(=O)OC(C)(C)C)[C@]1(C[C@@H](F)CO[Si](C)(C)C(C)(C)C)C(=O)OCC. The van der Waals surface area contributed by atoms with E-state index in [0.29, 0.717) is 12.0 Å². The van der Waals surface area contributed by atoms with E-state index in [0.717, 1.165) is 0 Å². The highest BCUT2D eigenvalue weighted by atomic mass is 28.4. The van der Waals surface area contributed by atoms with Crippen LogP contribution < -0.4 is 0 Å². The Morgan fingerprint density at radius 1 is 1.23 bits per heavy atom. The molecule has 1 saturated heterocycles. The second-order valence-corrected chi connectivity index (χ2v) is 15.2. The first-order chi connectivity index (χ1) is 13.5. The molecule has 0 bridgehead atoms. The molecular weight excluding hydrogens is 405 g/mol. The van der Waals surface area contributed by atoms with Crippen LogP contribution in [0.15, 0.2) is 12.2 Å². The normalized spacial score (nSPS) is 21.5. The topological polar surface area (TPSA) is 65.1 Å². The predicted octanol–water partition coefficient (Wildman–Crippen LogP) is 5.24. The van der Waals surface area contributed by atoms with Gasteiger partial charge in [-0.15, -0.1) is 0 Å². The van der Waals surface area contributed by atoms with Gasteiger partial charge in [0.25, 0.3) is 0 Å². The van der Waals surface area contributed by atoms with Crippen LogP contribution in [0.5, 0.6) is 0 Å². The number of hydrogen-bond acceptors (Lipinski definition) is 5. The predicted molar refractivity (Wildman–Crippen MR) is 119 cm³/mol. The number of rotatable bonds is 7. The summed E-state index contributed by atoms with van der Waals surface area (Å²) in [7, 11) is -2.16. The van der Waals surface area contributed by atoms with Crippen molar-refractivity contribution >= 4 is 20.4 Å². The summed E-state index contributed by atoms with van der Waals surface area (Å²) >= 11 is 0. The number of nitrogens with zero attached hydrogens (tertiary/aromatic N) is 1. The lowest BCUT2D eigenvalue weighted by Crippen LogP contribution is -2.57. The van der Waals surface area contributed by atoms with Crippen molar-refractivity contribution < 1.29 is 27.9 Å². The van der Waals surface area contributed by atoms with E-state index in [9.17, 15) is 9.59 Å². The van der Waals surface area contributed by atoms with Crippen molar-refractivity contribution in [3.05, 3.63) is 12.2 Å². The molecule has 0 saturated carbocycles. The summed E-state index contributed by atoms with van der Waals surface area (Å²) in [6.07, 6.45) is -2.03. The van der Waals surface area contributed by atoms with Crippen LogP contribution in [0.2, 0.25) is 18.1 Å². The standard InChI is InChI=1S/C22H40FNO5Si/c1-11-27-18(25)22(14-17(23)15-28-30(9,10)21(6,7)8)16(2)12-13-24(22)19(26)29-20(3,4)5/h17H,2,11-15H2,1,3-10H3/t17-,22+/m1/s1. The van der Waals surface area contributed by atoms with Gasteiger partial charge >= 0.3 is 12.1 Å². The van der Waals surface area contributed by atoms with Crippen LogP contribution in [0.25, 0.3) is 0 Å². The third kappa shape index (κ3) is 6.06. The maximum Gasteiger partial charge on any atom is 0.411 e. The summed E-state index contributed by atoms with van der Waals surface area (Å²) in [4.78, 5) is 27.2. The Morgan fingerprint density at radius 2 is 1.80 bits per heavy atom. The summed E-state index contributed by atoms with van der Waals surface area (Å²) in [5.41, 5.74) is -1.88. The second kappa shape index (κ2) is 9.38. The third-order valence-electron chi connectivity index (χ3n) is 5.86. The molecule has 0 aromatic rings. The maximum absolute atomic E-state index is 15.2. The number of alkyl halides is 1. The zero-order valence-electron chi connectivity index (χ0n) is 20.2. The molecule has 0 aliphatic carbocycles. The minimum absolute atomic E-state index is 0.0644. The van der Waals surface area contributed by atoms with Crippen LogP contribution in [-0.4, -0.2) is 62.4 Å². The zero-order valence-corrected chi connectivity index (χ0v) is 21.2. The quantitative estimate of drug-likeness (QED) is 0.305. The molecule has 1 heterocycles. The Balaban J connectivity index is 3.16. The monoisotopic (exact) mass is 445 g/mol. The number of likely N-dealkylation sites (tertiary alicyclic amines) is 1. The number of carbonyl (C=O) groups excluding carboxylic acids is 2. The Bertz CT molecular complexity index is 653. The maximum atomic E-state index is 15.2. The molecule has 30 heavy (non-hydrogen) atoms. The summed E-state index contributed by atoms with van der Waals surface area (Å²) in [5, 5.41) is -0.0644. The van der Waals surface area contributed by atoms with Gasteiger partial charge in [-0.1, -0.05) is 27.4 Å². The number of esters is 1. The lowest BCUT2D eigenvalue weighted by atomic mass is 9.86. The molecule has 0 aromatic carbocycles. The van der Waals surface area contributed by atoms with E-state index in [2.05, 4.69) is 27.4 Å². The van der Waals surface area contributed by atoms with E-state index >= 15 is 4.39 Å². The van der Waals surface area contributed by atoms with Crippen LogP contribution in [-0.2, 0) is 18.7 Å². The highest BCUT2D eigenvalue weighted by Gasteiger charge is 2.56. The molecule has 0 N–H and O–H groups in total. The Kier molecular flexibility index (Phi) is 8.33. The van der Waals surface area contributed by atoms with Gasteiger partial charge in [0.1, 0.15) is 11.8 Å². The molecular formula is C22H40FNO5Si. The highest BCUT2D eigenvalue weighted by Crippen LogP contribution is 2.41. The van der Waals surface area contributed by atoms with E-state index in [4.69, 9.17) is 13.9 Å². The summed E-state index contributed by atoms with van der Waals surface area (Å²) in [6, 6.07) is 0. The van der Waals surface area contributed by atoms with Gasteiger partial charge in [-0.3, -0.25) is 4.90 Å². The average Bonchev–Trinajstić information content (AvgIpc) is 2.88. The minimum Gasteiger partial charge on any atom is -0.464 e. The fourth-order valence-electron chi connectivity index (χ4n) is 3.14. The van der Waals surface area contributed by atoms with Gasteiger partial charge in [0.05, 0.1) is 13.2 Å². The first kappa shape index (κ1) is 26.6. The van der Waals surface area contributed by atoms with Crippen LogP contribution in [0.4, 0.5) is 9.18 Å². The van der Waals surface area contributed by atoms with Crippen LogP contribution in [0, 0.1) is 0 Å². The lowest BCUT2D eigenvalue weighted by molar-refractivity contribution is -0.155. The molecule has 1 aliphatic rings. The second-order valence-electron chi connectivity index (χ2n) is 10.4. The number of carbonyl (C=O) groups is 2. The number of amides is 1. The zero-order chi connectivity index (χ0) is 23.5. The van der Waals surface area contributed by atoms with Crippen LogP contribution >= 0.6 is 0 Å². The molecule has 1 rings (SSSR count). The summed E-state index contributed by atoms with van der Waals surface area (Å²) in [5.74, 6) is -0.673. The van der Waals surface area contributed by atoms with Crippen molar-refractivity contribution in [1.82, 2.24) is 4.90 Å². The molecule has 174 valence electrons. The highest BCUT2D eigenvalue weighted by molar-refractivity contribution is 6.74. The van der Waals surface area contributed by atoms with Gasteiger partial charge in [0, 0.05) is 13.0 Å². The Morgan fingerprint density at radius 3 is 2.27 bits per heavy atom. The van der Waals surface area contributed by atoms with Gasteiger partial charge in [-0.25, -0.2) is 14.0 Å². The van der Waals surface area contributed by atoms with Crippen molar-refractivity contribution in [3.8, 4) is 0 Å². The average molecular weight is 446 g/mol. The van der Waals surface area contributed by atoms with Crippen molar-refractivity contribution in [2.24, 2.45) is 0 Å². The van der Waals surface area contributed by atoms with E-state index < -0.39 is 37.7 Å². The molecule has 8 heteroatoms. The van der Waals surface area contributed by atoms with Crippen molar-refractivity contribution in [1.29, 1.82) is 0 Å². The Labute approximate surface area is 182 Å². The molecule has 1 aliphatic heterocycles. The van der Waals surface area contributed by atoms with Gasteiger partial charge in [0.2, 0.25) is 0 Å². The molecule has 0 radical (unpaired) electrons. The molecule has 6 nitrogen and oxygen atoms in total. The smallest absolute Gasteiger partial charge is 0.411 e. The largest absolute Gasteiger partial charge is 0.464 e. The van der Waals surface area contributed by atoms with Crippen molar-refractivity contribution in [3.63, 3.8) is 0 Å². The van der Waals surface area contributed by atoms with E-state index in [1.807, 2.05) is 13.1 Å². The Hall–Kier alpha value is -1.41. The summed E-state index contributed by atoms with van der Waals surface area (Å²) in [6.45, 7) is 21.4. The number of ether oxygens (including phenoxy) is 2. The minimum atomic E-state index is -2.16. The van der Waals surface area contributed by atoms with Crippen LogP contribution in [0.3, 0.4) is 0 Å². The van der Waals surface area contributed by atoms with E-state index in [-0.39, 0.29) is 31.2 Å².